The van der Waals surface area contributed by atoms with Gasteiger partial charge in [-0.25, -0.2) is 21.6 Å². The van der Waals surface area contributed by atoms with E-state index >= 15 is 0 Å². The molecule has 2 atom stereocenters. The number of sulfonamides is 1. The fourth-order valence-electron chi connectivity index (χ4n) is 7.80. The molecule has 1 amide bonds. The second-order valence-electron chi connectivity index (χ2n) is 16.2. The number of alkyl halides is 6. The maximum Gasteiger partial charge on any atom is 0.501 e. The van der Waals surface area contributed by atoms with Gasteiger partial charge in [-0.3, -0.25) is 4.79 Å². The number of hydrogen-bond donors (Lipinski definition) is 4. The number of amides is 1. The molecule has 4 N–H and O–H groups in total. The molecule has 0 aliphatic carbocycles. The number of benzene rings is 5. The third kappa shape index (κ3) is 13.1. The van der Waals surface area contributed by atoms with Crippen LogP contribution in [-0.4, -0.2) is 95.0 Å². The van der Waals surface area contributed by atoms with Crippen molar-refractivity contribution in [1.82, 2.24) is 9.62 Å². The van der Waals surface area contributed by atoms with Gasteiger partial charge in [0.2, 0.25) is 0 Å². The Kier molecular flexibility index (Phi) is 16.7. The minimum absolute atomic E-state index is 0.0718. The van der Waals surface area contributed by atoms with E-state index in [2.05, 4.69) is 5.32 Å². The van der Waals surface area contributed by atoms with Crippen molar-refractivity contribution in [2.45, 2.75) is 64.2 Å². The van der Waals surface area contributed by atoms with E-state index in [0.717, 1.165) is 29.2 Å². The minimum atomic E-state index is -6.11. The number of anilines is 2. The molecule has 20 heteroatoms. The largest absolute Gasteiger partial charge is 0.501 e. The Bertz CT molecular complexity index is 2670. The van der Waals surface area contributed by atoms with E-state index in [4.69, 9.17) is 0 Å². The number of thioether (sulfide) groups is 1. The molecule has 0 saturated carbocycles. The summed E-state index contributed by atoms with van der Waals surface area (Å²) >= 11 is 1.39. The second kappa shape index (κ2) is 21.9. The lowest BCUT2D eigenvalue weighted by Crippen LogP contribution is -2.36. The summed E-state index contributed by atoms with van der Waals surface area (Å²) in [6.07, 6.45) is -3.40. The third-order valence-corrected chi connectivity index (χ3v) is 15.5. The highest BCUT2D eigenvalue weighted by Gasteiger charge is 2.48. The topological polar surface area (TPSA) is 156 Å². The number of carbonyl (C=O) groups is 1. The molecule has 0 spiro atoms. The molecule has 360 valence electrons. The third-order valence-electron chi connectivity index (χ3n) is 11.5. The van der Waals surface area contributed by atoms with Gasteiger partial charge in [0.25, 0.3) is 25.8 Å². The summed E-state index contributed by atoms with van der Waals surface area (Å²) in [5, 5.41) is 23.6. The van der Waals surface area contributed by atoms with Crippen LogP contribution in [0.25, 0.3) is 11.1 Å². The van der Waals surface area contributed by atoms with Crippen LogP contribution in [-0.2, 0) is 26.0 Å². The number of piperidine rings is 1. The average Bonchev–Trinajstić information content (AvgIpc) is 3.30. The number of halogens is 6. The molecule has 6 rings (SSSR count). The number of aliphatic hydroxyl groups excluding tert-OH is 2. The standard InChI is InChI=1S/C47H50F6N4O7S3/c1-56(28-29-58)25-7-8-36(31-65-38-9-3-2-4-10-38)54-42-22-21-39(30-43(42)66(61,62)47(51,52)53)67(63,64)55-45(60)34-15-19-37(20-16-34)57-26-23-33(24-27-57)44(59)41-12-6-5-11-40(41)32-13-17-35(18-14-32)46(48,49)50/h2-6,9-22,30,33,36,44,54,58-59H,7-8,23-29,31H2,1H3,(H,55,60)/t36?,44-/m1/s1. The number of hydrogen-bond acceptors (Lipinski definition) is 11. The maximum absolute atomic E-state index is 14.1. The predicted molar refractivity (Wildman–Crippen MR) is 246 cm³/mol. The predicted octanol–water partition coefficient (Wildman–Crippen LogP) is 9.01. The van der Waals surface area contributed by atoms with Crippen LogP contribution in [0.2, 0.25) is 0 Å². The fraction of sp³-hybridized carbons (Fsp3) is 0.340. The Balaban J connectivity index is 1.13. The van der Waals surface area contributed by atoms with E-state index < -0.39 is 70.6 Å². The zero-order chi connectivity index (χ0) is 48.6. The molecule has 0 radical (unpaired) electrons. The van der Waals surface area contributed by atoms with Crippen LogP contribution in [0.15, 0.2) is 136 Å². The molecule has 1 aliphatic rings. The molecule has 1 saturated heterocycles. The van der Waals surface area contributed by atoms with Gasteiger partial charge in [0.15, 0.2) is 0 Å². The Morgan fingerprint density at radius 2 is 1.48 bits per heavy atom. The number of carbonyl (C=O) groups excluding carboxylic acids is 1. The van der Waals surface area contributed by atoms with Gasteiger partial charge < -0.3 is 25.3 Å². The zero-order valence-electron chi connectivity index (χ0n) is 36.2. The monoisotopic (exact) mass is 992 g/mol. The van der Waals surface area contributed by atoms with Crippen molar-refractivity contribution in [3.8, 4) is 11.1 Å². The highest BCUT2D eigenvalue weighted by molar-refractivity contribution is 7.99. The molecule has 1 fully saturated rings. The molecule has 5 aromatic rings. The number of rotatable bonds is 19. The van der Waals surface area contributed by atoms with Gasteiger partial charge in [0.1, 0.15) is 4.90 Å². The normalized spacial score (nSPS) is 15.0. The van der Waals surface area contributed by atoms with Gasteiger partial charge in [-0.2, -0.15) is 26.3 Å². The molecular formula is C47H50F6N4O7S3. The molecule has 11 nitrogen and oxygen atoms in total. The van der Waals surface area contributed by atoms with Crippen LogP contribution in [0.5, 0.6) is 0 Å². The van der Waals surface area contributed by atoms with Crippen molar-refractivity contribution < 1.29 is 58.2 Å². The summed E-state index contributed by atoms with van der Waals surface area (Å²) in [6.45, 7) is 1.84. The first-order valence-electron chi connectivity index (χ1n) is 21.2. The van der Waals surface area contributed by atoms with Gasteiger partial charge in [-0.05, 0) is 129 Å². The molecule has 0 bridgehead atoms. The average molecular weight is 993 g/mol. The van der Waals surface area contributed by atoms with Crippen molar-refractivity contribution in [1.29, 1.82) is 0 Å². The summed E-state index contributed by atoms with van der Waals surface area (Å²) in [5.41, 5.74) is -4.73. The summed E-state index contributed by atoms with van der Waals surface area (Å²) in [5.74, 6) is -0.998. The molecule has 1 aliphatic heterocycles. The highest BCUT2D eigenvalue weighted by atomic mass is 32.2. The minimum Gasteiger partial charge on any atom is -0.395 e. The Morgan fingerprint density at radius 1 is 0.836 bits per heavy atom. The van der Waals surface area contributed by atoms with Gasteiger partial charge in [0.05, 0.1) is 28.9 Å². The van der Waals surface area contributed by atoms with Gasteiger partial charge in [-0.1, -0.05) is 54.6 Å². The second-order valence-corrected chi connectivity index (χ2v) is 20.8. The van der Waals surface area contributed by atoms with E-state index in [1.807, 2.05) is 44.9 Å². The SMILES string of the molecule is CN(CCO)CCCC(CSc1ccccc1)Nc1ccc(S(=O)(=O)NC(=O)c2ccc(N3CCC([C@@H](O)c4ccccc4-c4ccc(C(F)(F)F)cc4)CC3)cc2)cc1S(=O)(=O)C(F)(F)F. The van der Waals surface area contributed by atoms with Crippen LogP contribution in [0.1, 0.15) is 53.3 Å². The Morgan fingerprint density at radius 3 is 2.10 bits per heavy atom. The maximum atomic E-state index is 14.1. The van der Waals surface area contributed by atoms with Gasteiger partial charge >= 0.3 is 11.7 Å². The first kappa shape index (κ1) is 51.3. The van der Waals surface area contributed by atoms with E-state index in [1.165, 1.54) is 36.0 Å². The number of sulfone groups is 1. The number of likely N-dealkylation sites (N-methyl/N-ethyl adjacent to an activating group) is 1. The van der Waals surface area contributed by atoms with Crippen molar-refractivity contribution in [3.63, 3.8) is 0 Å². The summed E-state index contributed by atoms with van der Waals surface area (Å²) in [7, 11) is -9.24. The molecule has 67 heavy (non-hydrogen) atoms. The molecule has 1 unspecified atom stereocenters. The van der Waals surface area contributed by atoms with Crippen LogP contribution in [0.3, 0.4) is 0 Å². The molecule has 1 heterocycles. The van der Waals surface area contributed by atoms with Crippen molar-refractivity contribution >= 4 is 48.9 Å². The van der Waals surface area contributed by atoms with E-state index in [-0.39, 0.29) is 18.1 Å². The lowest BCUT2D eigenvalue weighted by molar-refractivity contribution is -0.137. The summed E-state index contributed by atoms with van der Waals surface area (Å²) in [4.78, 5) is 15.8. The number of aliphatic hydroxyl groups is 2. The summed E-state index contributed by atoms with van der Waals surface area (Å²) in [6, 6.07) is 28.5. The van der Waals surface area contributed by atoms with Crippen LogP contribution in [0, 0.1) is 5.92 Å². The van der Waals surface area contributed by atoms with E-state index in [1.54, 1.807) is 43.4 Å². The smallest absolute Gasteiger partial charge is 0.395 e. The lowest BCUT2D eigenvalue weighted by atomic mass is 9.84. The van der Waals surface area contributed by atoms with Crippen LogP contribution in [0.4, 0.5) is 37.7 Å². The quantitative estimate of drug-likeness (QED) is 0.0463. The molecule has 5 aromatic carbocycles. The van der Waals surface area contributed by atoms with E-state index in [9.17, 15) is 58.2 Å². The fourth-order valence-corrected chi connectivity index (χ4v) is 10.8. The van der Waals surface area contributed by atoms with Crippen molar-refractivity contribution in [2.24, 2.45) is 5.92 Å². The van der Waals surface area contributed by atoms with E-state index in [0.29, 0.717) is 86.1 Å². The van der Waals surface area contributed by atoms with Crippen molar-refractivity contribution in [3.05, 3.63) is 138 Å². The molecular weight excluding hydrogens is 943 g/mol. The highest BCUT2D eigenvalue weighted by Crippen LogP contribution is 2.39. The number of nitrogens with one attached hydrogen (secondary N) is 2. The van der Waals surface area contributed by atoms with Gasteiger partial charge in [-0.15, -0.1) is 11.8 Å². The number of nitrogens with zero attached hydrogens (tertiary/aromatic N) is 2. The Labute approximate surface area is 390 Å². The first-order valence-corrected chi connectivity index (χ1v) is 25.2. The van der Waals surface area contributed by atoms with Crippen molar-refractivity contribution in [2.75, 3.05) is 55.8 Å². The zero-order valence-corrected chi connectivity index (χ0v) is 38.6. The molecule has 0 aromatic heterocycles. The van der Waals surface area contributed by atoms with Crippen LogP contribution < -0.4 is 14.9 Å². The summed E-state index contributed by atoms with van der Waals surface area (Å²) < 4.78 is 137. The Hall–Kier alpha value is -5.12. The van der Waals surface area contributed by atoms with Gasteiger partial charge in [0, 0.05) is 47.6 Å². The van der Waals surface area contributed by atoms with Crippen LogP contribution >= 0.6 is 11.8 Å². The lowest BCUT2D eigenvalue weighted by Gasteiger charge is -2.36. The first-order chi connectivity index (χ1) is 31.7.